The third kappa shape index (κ3) is 4.14. The van der Waals surface area contributed by atoms with Crippen molar-refractivity contribution in [3.05, 3.63) is 75.1 Å². The van der Waals surface area contributed by atoms with E-state index in [1.807, 2.05) is 6.07 Å². The van der Waals surface area contributed by atoms with Crippen molar-refractivity contribution in [3.8, 4) is 0 Å². The summed E-state index contributed by atoms with van der Waals surface area (Å²) in [7, 11) is 1.68. The molecule has 0 saturated carbocycles. The summed E-state index contributed by atoms with van der Waals surface area (Å²) in [6.07, 6.45) is 0. The summed E-state index contributed by atoms with van der Waals surface area (Å²) < 4.78 is 46.3. The number of benzene rings is 2. The minimum Gasteiger partial charge on any atom is -0.384 e. The van der Waals surface area contributed by atoms with E-state index < -0.39 is 28.9 Å². The summed E-state index contributed by atoms with van der Waals surface area (Å²) in [5, 5.41) is 14.5. The Morgan fingerprint density at radius 3 is 2.46 bits per heavy atom. The lowest BCUT2D eigenvalue weighted by atomic mass is 9.91. The molecule has 2 heterocycles. The van der Waals surface area contributed by atoms with Crippen LogP contribution in [0.4, 0.5) is 19.0 Å². The Hall–Kier alpha value is -3.46. The van der Waals surface area contributed by atoms with Gasteiger partial charge in [0.05, 0.1) is 22.6 Å². The number of nitrogens with one attached hydrogen (secondary N) is 1. The van der Waals surface area contributed by atoms with E-state index in [2.05, 4.69) is 15.3 Å². The molecule has 0 radical (unpaired) electrons. The summed E-state index contributed by atoms with van der Waals surface area (Å²) in [5.41, 5.74) is -1.54. The number of alkyl halides is 2. The van der Waals surface area contributed by atoms with Gasteiger partial charge in [0.1, 0.15) is 23.1 Å². The van der Waals surface area contributed by atoms with E-state index >= 15 is 4.39 Å². The number of halogens is 3. The number of aromatic nitrogens is 3. The molecular formula is C26H27F3N4O2. The molecule has 4 rings (SSSR count). The standard InChI is InChI=1S/C26H27F3N4O2/c1-13-10-16-11-20-18(12-21(16)33(6)24(13)34)23(32-15(3)31-20)30-14(2)17-8-7-9-19(22(17)27)26(28,29)25(4,5)35/h7-12,14,35H,1-6H3,(H,30,31,32). The second kappa shape index (κ2) is 8.34. The summed E-state index contributed by atoms with van der Waals surface area (Å²) >= 11 is 0. The molecule has 0 spiro atoms. The van der Waals surface area contributed by atoms with Gasteiger partial charge in [0.2, 0.25) is 0 Å². The van der Waals surface area contributed by atoms with E-state index in [1.54, 1.807) is 44.5 Å². The zero-order valence-corrected chi connectivity index (χ0v) is 20.4. The van der Waals surface area contributed by atoms with Crippen molar-refractivity contribution in [3.63, 3.8) is 0 Å². The molecule has 0 aliphatic rings. The molecule has 35 heavy (non-hydrogen) atoms. The van der Waals surface area contributed by atoms with Gasteiger partial charge in [-0.1, -0.05) is 12.1 Å². The average Bonchev–Trinajstić information content (AvgIpc) is 2.75. The molecule has 2 aromatic carbocycles. The number of nitrogens with zero attached hydrogens (tertiary/aromatic N) is 3. The zero-order chi connectivity index (χ0) is 25.9. The number of hydrogen-bond acceptors (Lipinski definition) is 5. The van der Waals surface area contributed by atoms with E-state index in [4.69, 9.17) is 0 Å². The van der Waals surface area contributed by atoms with Crippen LogP contribution in [0.3, 0.4) is 0 Å². The van der Waals surface area contributed by atoms with Crippen molar-refractivity contribution in [2.75, 3.05) is 5.32 Å². The average molecular weight is 485 g/mol. The molecule has 2 N–H and O–H groups in total. The highest BCUT2D eigenvalue weighted by molar-refractivity contribution is 6.00. The van der Waals surface area contributed by atoms with Crippen molar-refractivity contribution >= 4 is 27.6 Å². The number of aryl methyl sites for hydroxylation is 3. The van der Waals surface area contributed by atoms with Crippen molar-refractivity contribution in [1.82, 2.24) is 14.5 Å². The lowest BCUT2D eigenvalue weighted by molar-refractivity contribution is -0.170. The third-order valence-electron chi connectivity index (χ3n) is 6.29. The fourth-order valence-electron chi connectivity index (χ4n) is 4.22. The Morgan fingerprint density at radius 2 is 1.80 bits per heavy atom. The predicted molar refractivity (Wildman–Crippen MR) is 130 cm³/mol. The topological polar surface area (TPSA) is 80.0 Å². The highest BCUT2D eigenvalue weighted by Crippen LogP contribution is 2.41. The van der Waals surface area contributed by atoms with Crippen LogP contribution in [0.25, 0.3) is 21.8 Å². The maximum atomic E-state index is 15.3. The first-order valence-electron chi connectivity index (χ1n) is 11.2. The minimum atomic E-state index is -3.80. The molecule has 9 heteroatoms. The molecule has 4 aromatic rings. The van der Waals surface area contributed by atoms with Gasteiger partial charge in [-0.3, -0.25) is 4.79 Å². The van der Waals surface area contributed by atoms with Crippen LogP contribution in [0.2, 0.25) is 0 Å². The highest BCUT2D eigenvalue weighted by atomic mass is 19.3. The van der Waals surface area contributed by atoms with Crippen LogP contribution < -0.4 is 10.9 Å². The van der Waals surface area contributed by atoms with E-state index in [9.17, 15) is 18.7 Å². The van der Waals surface area contributed by atoms with Crippen LogP contribution in [0, 0.1) is 19.7 Å². The van der Waals surface area contributed by atoms with Gasteiger partial charge in [-0.25, -0.2) is 14.4 Å². The maximum Gasteiger partial charge on any atom is 0.303 e. The van der Waals surface area contributed by atoms with E-state index in [-0.39, 0.29) is 11.1 Å². The molecule has 0 aliphatic carbocycles. The molecular weight excluding hydrogens is 457 g/mol. The molecule has 1 atom stereocenters. The molecule has 184 valence electrons. The first-order chi connectivity index (χ1) is 16.2. The second-order valence-corrected chi connectivity index (χ2v) is 9.45. The predicted octanol–water partition coefficient (Wildman–Crippen LogP) is 5.27. The maximum absolute atomic E-state index is 15.3. The number of fused-ring (bicyclic) bond motifs is 2. The molecule has 2 aromatic heterocycles. The Balaban J connectivity index is 1.83. The first kappa shape index (κ1) is 24.7. The number of pyridine rings is 1. The monoisotopic (exact) mass is 484 g/mol. The van der Waals surface area contributed by atoms with E-state index in [0.29, 0.717) is 33.6 Å². The van der Waals surface area contributed by atoms with Crippen LogP contribution in [0.5, 0.6) is 0 Å². The van der Waals surface area contributed by atoms with Gasteiger partial charge < -0.3 is 15.0 Å². The lowest BCUT2D eigenvalue weighted by Crippen LogP contribution is -2.41. The first-order valence-corrected chi connectivity index (χ1v) is 11.2. The summed E-state index contributed by atoms with van der Waals surface area (Å²) in [5.74, 6) is -4.05. The minimum absolute atomic E-state index is 0.000320. The molecule has 0 fully saturated rings. The molecule has 0 aliphatic heterocycles. The quantitative estimate of drug-likeness (QED) is 0.377. The zero-order valence-electron chi connectivity index (χ0n) is 20.4. The molecule has 6 nitrogen and oxygen atoms in total. The van der Waals surface area contributed by atoms with Crippen LogP contribution in [0.1, 0.15) is 49.3 Å². The van der Waals surface area contributed by atoms with Gasteiger partial charge in [0.15, 0.2) is 0 Å². The van der Waals surface area contributed by atoms with Crippen LogP contribution in [0.15, 0.2) is 41.2 Å². The van der Waals surface area contributed by atoms with Gasteiger partial charge in [-0.05, 0) is 58.9 Å². The second-order valence-electron chi connectivity index (χ2n) is 9.45. The number of hydrogen-bond donors (Lipinski definition) is 2. The molecule has 0 amide bonds. The van der Waals surface area contributed by atoms with Crippen LogP contribution >= 0.6 is 0 Å². The largest absolute Gasteiger partial charge is 0.384 e. The van der Waals surface area contributed by atoms with Crippen LogP contribution in [-0.4, -0.2) is 25.2 Å². The van der Waals surface area contributed by atoms with E-state index in [1.165, 1.54) is 12.1 Å². The SMILES string of the molecule is Cc1nc(NC(C)c2cccc(C(F)(F)C(C)(C)O)c2F)c2cc3c(cc(C)c(=O)n3C)cc2n1. The number of anilines is 1. The van der Waals surface area contributed by atoms with Gasteiger partial charge >= 0.3 is 5.92 Å². The normalized spacial score (nSPS) is 13.4. The Labute approximate surface area is 200 Å². The Kier molecular flexibility index (Phi) is 5.87. The number of rotatable bonds is 5. The summed E-state index contributed by atoms with van der Waals surface area (Å²) in [6, 6.07) is 8.41. The summed E-state index contributed by atoms with van der Waals surface area (Å²) in [4.78, 5) is 21.4. The van der Waals surface area contributed by atoms with Crippen molar-refractivity contribution in [1.29, 1.82) is 0 Å². The third-order valence-corrected chi connectivity index (χ3v) is 6.29. The molecule has 0 saturated heterocycles. The lowest BCUT2D eigenvalue weighted by Gasteiger charge is -2.30. The smallest absolute Gasteiger partial charge is 0.303 e. The fourth-order valence-corrected chi connectivity index (χ4v) is 4.22. The highest BCUT2D eigenvalue weighted by Gasteiger charge is 2.49. The summed E-state index contributed by atoms with van der Waals surface area (Å²) in [6.45, 7) is 6.98. The van der Waals surface area contributed by atoms with Crippen molar-refractivity contribution < 1.29 is 18.3 Å². The Morgan fingerprint density at radius 1 is 1.11 bits per heavy atom. The molecule has 1 unspecified atom stereocenters. The van der Waals surface area contributed by atoms with Crippen LogP contribution in [-0.2, 0) is 13.0 Å². The van der Waals surface area contributed by atoms with Gasteiger partial charge in [0.25, 0.3) is 5.56 Å². The van der Waals surface area contributed by atoms with Gasteiger partial charge in [-0.2, -0.15) is 8.78 Å². The van der Waals surface area contributed by atoms with E-state index in [0.717, 1.165) is 25.3 Å². The number of aliphatic hydroxyl groups is 1. The van der Waals surface area contributed by atoms with Crippen molar-refractivity contribution in [2.45, 2.75) is 52.2 Å². The van der Waals surface area contributed by atoms with Crippen molar-refractivity contribution in [2.24, 2.45) is 7.05 Å². The molecule has 0 bridgehead atoms. The van der Waals surface area contributed by atoms with Gasteiger partial charge in [-0.15, -0.1) is 0 Å². The van der Waals surface area contributed by atoms with Gasteiger partial charge in [0, 0.05) is 28.9 Å². The Bertz CT molecular complexity index is 1520. The fraction of sp³-hybridized carbons (Fsp3) is 0.346.